The van der Waals surface area contributed by atoms with Crippen LogP contribution in [0.25, 0.3) is 0 Å². The Balaban J connectivity index is 1.13. The number of Topliss-reactive ketones (excluding diaryl/α,β-unsaturated/α-hetero) is 2. The van der Waals surface area contributed by atoms with Crippen LogP contribution in [0.3, 0.4) is 0 Å². The third-order valence-corrected chi connectivity index (χ3v) is 7.40. The Kier molecular flexibility index (Phi) is 7.73. The summed E-state index contributed by atoms with van der Waals surface area (Å²) in [6.45, 7) is 6.44. The van der Waals surface area contributed by atoms with Gasteiger partial charge in [-0.25, -0.2) is 0 Å². The number of aromatic amines is 1. The van der Waals surface area contributed by atoms with Crippen molar-refractivity contribution in [3.63, 3.8) is 0 Å². The van der Waals surface area contributed by atoms with Gasteiger partial charge in [0.1, 0.15) is 0 Å². The van der Waals surface area contributed by atoms with E-state index in [0.29, 0.717) is 18.5 Å². The summed E-state index contributed by atoms with van der Waals surface area (Å²) in [7, 11) is 0. The Morgan fingerprint density at radius 2 is 1.32 bits per heavy atom. The molecule has 2 heterocycles. The first kappa shape index (κ1) is 25.5. The molecule has 5 rings (SSSR count). The van der Waals surface area contributed by atoms with Crippen LogP contribution in [-0.2, 0) is 12.8 Å². The lowest BCUT2D eigenvalue weighted by atomic mass is 9.98. The number of H-pyrrole nitrogens is 1. The fourth-order valence-electron chi connectivity index (χ4n) is 4.94. The van der Waals surface area contributed by atoms with E-state index in [2.05, 4.69) is 34.3 Å². The zero-order chi connectivity index (χ0) is 26.5. The first-order chi connectivity index (χ1) is 18.4. The highest BCUT2D eigenvalue weighted by Gasteiger charge is 2.16. The molecule has 0 aliphatic carbocycles. The molecule has 2 N–H and O–H groups in total. The summed E-state index contributed by atoms with van der Waals surface area (Å²) in [6, 6.07) is 27.7. The van der Waals surface area contributed by atoms with Crippen LogP contribution in [0.4, 0.5) is 17.1 Å². The average molecular weight is 506 g/mol. The summed E-state index contributed by atoms with van der Waals surface area (Å²) in [5.74, 6) is 1.01. The summed E-state index contributed by atoms with van der Waals surface area (Å²) < 4.78 is 0. The van der Waals surface area contributed by atoms with Gasteiger partial charge in [0, 0.05) is 54.3 Å². The Hall–Kier alpha value is -4.12. The summed E-state index contributed by atoms with van der Waals surface area (Å²) in [6.07, 6.45) is 3.20. The van der Waals surface area contributed by atoms with E-state index in [-0.39, 0.29) is 11.6 Å². The molecular weight excluding hydrogens is 470 g/mol. The van der Waals surface area contributed by atoms with E-state index >= 15 is 0 Å². The highest BCUT2D eigenvalue weighted by Crippen LogP contribution is 2.24. The molecule has 1 saturated heterocycles. The zero-order valence-electron chi connectivity index (χ0n) is 22.2. The summed E-state index contributed by atoms with van der Waals surface area (Å²) in [5.41, 5.74) is 7.46. The monoisotopic (exact) mass is 505 g/mol. The first-order valence-corrected chi connectivity index (χ1v) is 13.4. The fraction of sp³-hybridized carbons (Fsp3) is 0.273. The van der Waals surface area contributed by atoms with Gasteiger partial charge in [-0.15, -0.1) is 0 Å². The van der Waals surface area contributed by atoms with Crippen LogP contribution in [-0.4, -0.2) is 29.6 Å². The second-order valence-corrected chi connectivity index (χ2v) is 10.5. The quantitative estimate of drug-likeness (QED) is 0.237. The molecule has 0 saturated carbocycles. The number of hydrogen-bond donors (Lipinski definition) is 2. The van der Waals surface area contributed by atoms with Crippen molar-refractivity contribution < 1.29 is 9.59 Å². The Morgan fingerprint density at radius 3 is 1.84 bits per heavy atom. The van der Waals surface area contributed by atoms with Gasteiger partial charge in [-0.2, -0.15) is 0 Å². The third kappa shape index (κ3) is 6.41. The molecule has 5 heteroatoms. The van der Waals surface area contributed by atoms with E-state index in [1.807, 2.05) is 79.7 Å². The maximum atomic E-state index is 12.9. The topological polar surface area (TPSA) is 65.2 Å². The molecule has 194 valence electrons. The number of carbonyl (C=O) groups is 2. The molecule has 0 unspecified atom stereocenters. The Bertz CT molecular complexity index is 1380. The van der Waals surface area contributed by atoms with Crippen LogP contribution in [0, 0.1) is 12.8 Å². The second kappa shape index (κ2) is 11.5. The van der Waals surface area contributed by atoms with E-state index in [0.717, 1.165) is 52.8 Å². The molecule has 0 atom stereocenters. The van der Waals surface area contributed by atoms with Crippen molar-refractivity contribution in [3.05, 3.63) is 113 Å². The highest BCUT2D eigenvalue weighted by molar-refractivity contribution is 5.98. The number of rotatable bonds is 9. The molecule has 1 aromatic heterocycles. The van der Waals surface area contributed by atoms with Gasteiger partial charge in [0.15, 0.2) is 11.6 Å². The molecule has 5 nitrogen and oxygen atoms in total. The van der Waals surface area contributed by atoms with Gasteiger partial charge in [0.25, 0.3) is 0 Å². The number of aromatic nitrogens is 1. The van der Waals surface area contributed by atoms with Crippen molar-refractivity contribution in [1.29, 1.82) is 0 Å². The molecule has 38 heavy (non-hydrogen) atoms. The predicted octanol–water partition coefficient (Wildman–Crippen LogP) is 7.15. The SMILES string of the molecule is Cc1ccc(C(=O)Cc2ccc(Nc3ccc(CC(=O)c4ccc(N5CCC(C)CC5)cc4)cc3)cc2)[nH]1. The molecule has 1 aliphatic heterocycles. The Labute approximate surface area is 224 Å². The number of anilines is 3. The van der Waals surface area contributed by atoms with Crippen LogP contribution in [0.5, 0.6) is 0 Å². The van der Waals surface area contributed by atoms with Crippen molar-refractivity contribution in [3.8, 4) is 0 Å². The van der Waals surface area contributed by atoms with Crippen LogP contribution in [0.1, 0.15) is 57.4 Å². The summed E-state index contributed by atoms with van der Waals surface area (Å²) >= 11 is 0. The van der Waals surface area contributed by atoms with Crippen molar-refractivity contribution in [2.45, 2.75) is 39.5 Å². The minimum Gasteiger partial charge on any atom is -0.372 e. The molecule has 4 aromatic rings. The number of carbonyl (C=O) groups excluding carboxylic acids is 2. The molecule has 0 radical (unpaired) electrons. The van der Waals surface area contributed by atoms with Crippen molar-refractivity contribution in [1.82, 2.24) is 4.98 Å². The van der Waals surface area contributed by atoms with E-state index < -0.39 is 0 Å². The lowest BCUT2D eigenvalue weighted by Gasteiger charge is -2.32. The number of nitrogens with one attached hydrogen (secondary N) is 2. The molecule has 1 aliphatic rings. The van der Waals surface area contributed by atoms with Gasteiger partial charge in [-0.3, -0.25) is 9.59 Å². The number of ketones is 2. The molecule has 0 amide bonds. The van der Waals surface area contributed by atoms with Crippen molar-refractivity contribution in [2.75, 3.05) is 23.3 Å². The number of piperidine rings is 1. The standard InChI is InChI=1S/C33H35N3O2/c1-23-17-19-36(20-18-23)30-14-8-27(9-15-30)32(37)21-25-4-10-28(11-5-25)35-29-12-6-26(7-13-29)22-33(38)31-16-3-24(2)34-31/h3-16,23,34-35H,17-22H2,1-2H3. The van der Waals surface area contributed by atoms with Crippen LogP contribution >= 0.6 is 0 Å². The summed E-state index contributed by atoms with van der Waals surface area (Å²) in [4.78, 5) is 30.8. The lowest BCUT2D eigenvalue weighted by Crippen LogP contribution is -2.32. The molecule has 0 spiro atoms. The van der Waals surface area contributed by atoms with Gasteiger partial charge in [0.05, 0.1) is 5.69 Å². The van der Waals surface area contributed by atoms with Gasteiger partial charge in [-0.1, -0.05) is 31.2 Å². The number of nitrogens with zero attached hydrogens (tertiary/aromatic N) is 1. The second-order valence-electron chi connectivity index (χ2n) is 10.5. The van der Waals surface area contributed by atoms with Crippen LogP contribution in [0.15, 0.2) is 84.9 Å². The minimum atomic E-state index is 0.0801. The van der Waals surface area contributed by atoms with E-state index in [1.54, 1.807) is 0 Å². The number of hydrogen-bond acceptors (Lipinski definition) is 4. The van der Waals surface area contributed by atoms with Crippen LogP contribution < -0.4 is 10.2 Å². The normalized spacial score (nSPS) is 13.9. The minimum absolute atomic E-state index is 0.0801. The van der Waals surface area contributed by atoms with Crippen molar-refractivity contribution in [2.24, 2.45) is 5.92 Å². The molecule has 1 fully saturated rings. The van der Waals surface area contributed by atoms with E-state index in [1.165, 1.54) is 18.5 Å². The zero-order valence-corrected chi connectivity index (χ0v) is 22.2. The molecule has 0 bridgehead atoms. The number of aryl methyl sites for hydroxylation is 1. The number of benzene rings is 3. The highest BCUT2D eigenvalue weighted by atomic mass is 16.1. The maximum Gasteiger partial charge on any atom is 0.183 e. The van der Waals surface area contributed by atoms with Crippen LogP contribution in [0.2, 0.25) is 0 Å². The average Bonchev–Trinajstić information content (AvgIpc) is 3.38. The third-order valence-electron chi connectivity index (χ3n) is 7.40. The largest absolute Gasteiger partial charge is 0.372 e. The predicted molar refractivity (Wildman–Crippen MR) is 155 cm³/mol. The van der Waals surface area contributed by atoms with Gasteiger partial charge >= 0.3 is 0 Å². The fourth-order valence-corrected chi connectivity index (χ4v) is 4.94. The van der Waals surface area contributed by atoms with Gasteiger partial charge in [-0.05, 0) is 97.5 Å². The first-order valence-electron chi connectivity index (χ1n) is 13.4. The van der Waals surface area contributed by atoms with E-state index in [4.69, 9.17) is 0 Å². The Morgan fingerprint density at radius 1 is 0.763 bits per heavy atom. The summed E-state index contributed by atoms with van der Waals surface area (Å²) in [5, 5.41) is 3.39. The lowest BCUT2D eigenvalue weighted by molar-refractivity contribution is 0.0982. The van der Waals surface area contributed by atoms with E-state index in [9.17, 15) is 9.59 Å². The molecule has 3 aromatic carbocycles. The smallest absolute Gasteiger partial charge is 0.183 e. The molecular formula is C33H35N3O2. The van der Waals surface area contributed by atoms with Gasteiger partial charge < -0.3 is 15.2 Å². The van der Waals surface area contributed by atoms with Gasteiger partial charge in [0.2, 0.25) is 0 Å². The van der Waals surface area contributed by atoms with Crippen molar-refractivity contribution >= 4 is 28.6 Å². The maximum absolute atomic E-state index is 12.9.